The number of nitrogens with zero attached hydrogens (tertiary/aromatic N) is 4. The average Bonchev–Trinajstić information content (AvgIpc) is 3.47. The van der Waals surface area contributed by atoms with Crippen molar-refractivity contribution >= 4 is 28.9 Å². The van der Waals surface area contributed by atoms with E-state index in [2.05, 4.69) is 16.8 Å². The average molecular weight is 503 g/mol. The molecule has 3 aromatic rings. The van der Waals surface area contributed by atoms with Gasteiger partial charge in [0.1, 0.15) is 5.75 Å². The fourth-order valence-corrected chi connectivity index (χ4v) is 5.29. The number of thioether (sulfide) groups is 1. The van der Waals surface area contributed by atoms with Crippen LogP contribution >= 0.6 is 11.8 Å². The molecule has 0 bridgehead atoms. The minimum atomic E-state index is -0.219. The molecule has 1 saturated heterocycles. The smallest absolute Gasteiger partial charge is 0.286 e. The van der Waals surface area contributed by atoms with Crippen molar-refractivity contribution in [3.8, 4) is 22.7 Å². The number of hydrogen-bond acceptors (Lipinski definition) is 6. The predicted octanol–water partition coefficient (Wildman–Crippen LogP) is 5.41. The second-order valence-electron chi connectivity index (χ2n) is 9.06. The highest BCUT2D eigenvalue weighted by molar-refractivity contribution is 8.18. The molecule has 2 aliphatic heterocycles. The number of ether oxygens (including phenoxy) is 2. The summed E-state index contributed by atoms with van der Waals surface area (Å²) in [5.41, 5.74) is 3.55. The van der Waals surface area contributed by atoms with Gasteiger partial charge in [0.2, 0.25) is 0 Å². The van der Waals surface area contributed by atoms with Gasteiger partial charge in [-0.25, -0.2) is 4.68 Å². The molecule has 0 aliphatic carbocycles. The van der Waals surface area contributed by atoms with Gasteiger partial charge in [-0.3, -0.25) is 4.79 Å². The number of aromatic nitrogens is 2. The van der Waals surface area contributed by atoms with Crippen LogP contribution in [0.25, 0.3) is 23.0 Å². The third-order valence-electron chi connectivity index (χ3n) is 5.95. The predicted molar refractivity (Wildman–Crippen MR) is 144 cm³/mol. The summed E-state index contributed by atoms with van der Waals surface area (Å²) in [6, 6.07) is 17.9. The Balaban J connectivity index is 1.46. The number of hydrogen-bond donors (Lipinski definition) is 0. The summed E-state index contributed by atoms with van der Waals surface area (Å²) < 4.78 is 13.4. The minimum absolute atomic E-state index is 0.0974. The van der Waals surface area contributed by atoms with E-state index in [1.165, 1.54) is 11.8 Å². The summed E-state index contributed by atoms with van der Waals surface area (Å²) in [5, 5.41) is 5.62. The molecule has 36 heavy (non-hydrogen) atoms. The number of amides is 1. The van der Waals surface area contributed by atoms with Gasteiger partial charge >= 0.3 is 0 Å². The number of aliphatic imine (C=N–C) groups is 1. The molecule has 2 atom stereocenters. The van der Waals surface area contributed by atoms with Crippen LogP contribution in [0.3, 0.4) is 0 Å². The van der Waals surface area contributed by atoms with Gasteiger partial charge < -0.3 is 14.4 Å². The molecule has 0 radical (unpaired) electrons. The molecule has 7 nitrogen and oxygen atoms in total. The maximum atomic E-state index is 12.9. The van der Waals surface area contributed by atoms with Crippen molar-refractivity contribution in [2.24, 2.45) is 4.99 Å². The van der Waals surface area contributed by atoms with E-state index in [1.54, 1.807) is 0 Å². The molecule has 0 saturated carbocycles. The number of carbonyl (C=O) groups is 1. The number of para-hydroxylation sites is 1. The second-order valence-corrected chi connectivity index (χ2v) is 10.1. The molecule has 0 spiro atoms. The molecule has 1 amide bonds. The zero-order valence-electron chi connectivity index (χ0n) is 20.8. The Morgan fingerprint density at radius 1 is 1.08 bits per heavy atom. The molecule has 2 unspecified atom stereocenters. The lowest BCUT2D eigenvalue weighted by molar-refractivity contribution is -0.113. The first kappa shape index (κ1) is 24.3. The van der Waals surface area contributed by atoms with E-state index in [1.807, 2.05) is 85.4 Å². The van der Waals surface area contributed by atoms with Crippen LogP contribution in [-0.2, 0) is 9.53 Å². The lowest BCUT2D eigenvalue weighted by atomic mass is 10.1. The molecular formula is C28H30N4O3S. The Labute approximate surface area is 215 Å². The highest BCUT2D eigenvalue weighted by atomic mass is 32.2. The van der Waals surface area contributed by atoms with Crippen LogP contribution in [0.5, 0.6) is 5.75 Å². The highest BCUT2D eigenvalue weighted by Crippen LogP contribution is 2.34. The van der Waals surface area contributed by atoms with E-state index in [4.69, 9.17) is 14.6 Å². The lowest BCUT2D eigenvalue weighted by Crippen LogP contribution is -2.47. The first-order valence-electron chi connectivity index (χ1n) is 12.3. The summed E-state index contributed by atoms with van der Waals surface area (Å²) in [7, 11) is 0. The van der Waals surface area contributed by atoms with Crippen LogP contribution in [0, 0.1) is 0 Å². The summed E-state index contributed by atoms with van der Waals surface area (Å²) in [6.45, 7) is 8.30. The van der Waals surface area contributed by atoms with Crippen molar-refractivity contribution in [3.05, 3.63) is 71.3 Å². The first-order chi connectivity index (χ1) is 17.5. The molecule has 2 aliphatic rings. The zero-order valence-corrected chi connectivity index (χ0v) is 21.6. The van der Waals surface area contributed by atoms with Crippen molar-refractivity contribution in [2.45, 2.75) is 39.4 Å². The maximum absolute atomic E-state index is 12.9. The molecule has 1 fully saturated rings. The summed E-state index contributed by atoms with van der Waals surface area (Å²) >= 11 is 1.42. The van der Waals surface area contributed by atoms with E-state index in [9.17, 15) is 4.79 Å². The Bertz CT molecular complexity index is 1270. The SMILES string of the molecule is CCCOc1ccc(-c2nn(-c3ccccc3)cc2C=C2SC(N3CC(C)OC(C)C3)=NC2=O)cc1. The van der Waals surface area contributed by atoms with Crippen LogP contribution in [0.1, 0.15) is 32.8 Å². The standard InChI is InChI=1S/C28H30N4O3S/c1-4-14-34-24-12-10-21(11-13-24)26-22(18-32(30-26)23-8-6-5-7-9-23)15-25-27(33)29-28(36-25)31-16-19(2)35-20(3)17-31/h5-13,15,18-20H,4,14,16-17H2,1-3H3. The van der Waals surface area contributed by atoms with E-state index in [-0.39, 0.29) is 18.1 Å². The van der Waals surface area contributed by atoms with Gasteiger partial charge in [-0.1, -0.05) is 25.1 Å². The Kier molecular flexibility index (Phi) is 7.25. The monoisotopic (exact) mass is 502 g/mol. The number of benzene rings is 2. The maximum Gasteiger partial charge on any atom is 0.286 e. The van der Waals surface area contributed by atoms with E-state index < -0.39 is 0 Å². The van der Waals surface area contributed by atoms with Crippen molar-refractivity contribution in [1.82, 2.24) is 14.7 Å². The molecule has 5 rings (SSSR count). The molecular weight excluding hydrogens is 472 g/mol. The summed E-state index contributed by atoms with van der Waals surface area (Å²) in [4.78, 5) is 20.0. The number of morpholine rings is 1. The highest BCUT2D eigenvalue weighted by Gasteiger charge is 2.31. The van der Waals surface area contributed by atoms with E-state index in [0.29, 0.717) is 11.5 Å². The van der Waals surface area contributed by atoms with Crippen molar-refractivity contribution in [1.29, 1.82) is 0 Å². The molecule has 1 aromatic heterocycles. The van der Waals surface area contributed by atoms with Crippen molar-refractivity contribution in [3.63, 3.8) is 0 Å². The van der Waals surface area contributed by atoms with Gasteiger partial charge in [0.15, 0.2) is 5.17 Å². The Hall–Kier alpha value is -3.36. The van der Waals surface area contributed by atoms with E-state index >= 15 is 0 Å². The lowest BCUT2D eigenvalue weighted by Gasteiger charge is -2.35. The number of carbonyl (C=O) groups excluding carboxylic acids is 1. The Morgan fingerprint density at radius 2 is 1.81 bits per heavy atom. The van der Waals surface area contributed by atoms with Crippen LogP contribution in [-0.4, -0.2) is 57.7 Å². The molecule has 186 valence electrons. The normalized spacial score (nSPS) is 21.2. The van der Waals surface area contributed by atoms with Crippen molar-refractivity contribution in [2.75, 3.05) is 19.7 Å². The fourth-order valence-electron chi connectivity index (χ4n) is 4.37. The minimum Gasteiger partial charge on any atom is -0.494 e. The summed E-state index contributed by atoms with van der Waals surface area (Å²) in [6.07, 6.45) is 5.02. The molecule has 8 heteroatoms. The largest absolute Gasteiger partial charge is 0.494 e. The van der Waals surface area contributed by atoms with Crippen LogP contribution in [0.4, 0.5) is 0 Å². The number of amidine groups is 1. The van der Waals surface area contributed by atoms with Gasteiger partial charge in [-0.15, -0.1) is 0 Å². The molecule has 0 N–H and O–H groups in total. The van der Waals surface area contributed by atoms with Gasteiger partial charge in [0.25, 0.3) is 5.91 Å². The third kappa shape index (κ3) is 5.39. The Morgan fingerprint density at radius 3 is 2.50 bits per heavy atom. The van der Waals surface area contributed by atoms with Gasteiger partial charge in [0, 0.05) is 30.4 Å². The van der Waals surface area contributed by atoms with Gasteiger partial charge in [0.05, 0.1) is 35.1 Å². The topological polar surface area (TPSA) is 68.9 Å². The fraction of sp³-hybridized carbons (Fsp3) is 0.321. The van der Waals surface area contributed by atoms with Crippen molar-refractivity contribution < 1.29 is 14.3 Å². The van der Waals surface area contributed by atoms with Gasteiger partial charge in [-0.05, 0) is 74.5 Å². The second kappa shape index (κ2) is 10.7. The molecule has 3 heterocycles. The first-order valence-corrected chi connectivity index (χ1v) is 13.1. The third-order valence-corrected chi connectivity index (χ3v) is 6.99. The van der Waals surface area contributed by atoms with Crippen LogP contribution < -0.4 is 4.74 Å². The summed E-state index contributed by atoms with van der Waals surface area (Å²) in [5.74, 6) is 0.611. The van der Waals surface area contributed by atoms with Crippen LogP contribution in [0.2, 0.25) is 0 Å². The zero-order chi connectivity index (χ0) is 25.1. The number of rotatable bonds is 6. The van der Waals surface area contributed by atoms with Gasteiger partial charge in [-0.2, -0.15) is 10.1 Å². The molecule has 2 aromatic carbocycles. The van der Waals surface area contributed by atoms with E-state index in [0.717, 1.165) is 52.9 Å². The quantitative estimate of drug-likeness (QED) is 0.420. The van der Waals surface area contributed by atoms with Crippen LogP contribution in [0.15, 0.2) is 70.7 Å².